The lowest BCUT2D eigenvalue weighted by Crippen LogP contribution is -2.18. The van der Waals surface area contributed by atoms with E-state index in [0.717, 1.165) is 13.1 Å². The van der Waals surface area contributed by atoms with Crippen LogP contribution >= 0.6 is 0 Å². The SMILES string of the molecule is C=N/C(=C\C(=N)Oc1ccc2c(ccn2C(=O)Nc2cc(C(F)(F)F)n(C)n2)c1)CNC. The number of nitrogens with zero attached hydrogens (tertiary/aromatic N) is 4. The zero-order valence-corrected chi connectivity index (χ0v) is 17.2. The average Bonchev–Trinajstić information content (AvgIpc) is 3.30. The van der Waals surface area contributed by atoms with E-state index in [2.05, 4.69) is 27.4 Å². The summed E-state index contributed by atoms with van der Waals surface area (Å²) in [5.74, 6) is -0.000755. The van der Waals surface area contributed by atoms with E-state index in [0.29, 0.717) is 33.6 Å². The lowest BCUT2D eigenvalue weighted by Gasteiger charge is -2.07. The van der Waals surface area contributed by atoms with Crippen LogP contribution in [0.4, 0.5) is 23.8 Å². The van der Waals surface area contributed by atoms with Crippen molar-refractivity contribution in [2.75, 3.05) is 18.9 Å². The number of benzene rings is 1. The number of nitrogens with one attached hydrogen (secondary N) is 3. The van der Waals surface area contributed by atoms with Gasteiger partial charge in [-0.05, 0) is 38.0 Å². The van der Waals surface area contributed by atoms with E-state index in [4.69, 9.17) is 10.1 Å². The van der Waals surface area contributed by atoms with Crippen molar-refractivity contribution in [2.45, 2.75) is 6.18 Å². The number of aliphatic imine (C=N–C) groups is 1. The standard InChI is InChI=1S/C20H20F3N7O2/c1-25-11-13(26-2)9-17(24)32-14-4-5-15-12(8-14)6-7-30(15)19(31)27-18-10-16(20(21,22)23)29(3)28-18/h4-10,24-25H,2,11H2,1,3H3,(H,27,28,31)/b13-9-,24-17?. The highest BCUT2D eigenvalue weighted by Crippen LogP contribution is 2.30. The van der Waals surface area contributed by atoms with Crippen LogP contribution in [0.25, 0.3) is 10.9 Å². The minimum atomic E-state index is -4.58. The number of aromatic nitrogens is 3. The van der Waals surface area contributed by atoms with Crippen LogP contribution in [0.15, 0.2) is 53.3 Å². The van der Waals surface area contributed by atoms with Crippen LogP contribution in [0.2, 0.25) is 0 Å². The molecule has 2 aromatic heterocycles. The number of aryl methyl sites for hydroxylation is 1. The molecule has 0 aliphatic heterocycles. The first-order valence-corrected chi connectivity index (χ1v) is 9.24. The Balaban J connectivity index is 1.77. The fourth-order valence-corrected chi connectivity index (χ4v) is 2.97. The van der Waals surface area contributed by atoms with E-state index >= 15 is 0 Å². The van der Waals surface area contributed by atoms with Crippen molar-refractivity contribution in [3.8, 4) is 5.75 Å². The molecule has 3 rings (SSSR count). The molecular weight excluding hydrogens is 427 g/mol. The Morgan fingerprint density at radius 1 is 1.34 bits per heavy atom. The smallest absolute Gasteiger partial charge is 0.433 e. The molecule has 0 atom stereocenters. The van der Waals surface area contributed by atoms with E-state index in [1.165, 1.54) is 16.8 Å². The van der Waals surface area contributed by atoms with Crippen molar-refractivity contribution >= 4 is 35.4 Å². The van der Waals surface area contributed by atoms with Gasteiger partial charge in [0.05, 0.1) is 11.2 Å². The van der Waals surface area contributed by atoms with Gasteiger partial charge in [0, 0.05) is 37.3 Å². The molecule has 1 aromatic carbocycles. The minimum Gasteiger partial charge on any atom is -0.440 e. The molecule has 3 aromatic rings. The van der Waals surface area contributed by atoms with E-state index < -0.39 is 17.9 Å². The molecule has 1 amide bonds. The van der Waals surface area contributed by atoms with Gasteiger partial charge >= 0.3 is 12.2 Å². The first-order valence-electron chi connectivity index (χ1n) is 9.24. The number of halogens is 3. The average molecular weight is 447 g/mol. The van der Waals surface area contributed by atoms with Crippen LogP contribution in [0.5, 0.6) is 5.75 Å². The van der Waals surface area contributed by atoms with Crippen molar-refractivity contribution in [1.29, 1.82) is 5.41 Å². The molecule has 168 valence electrons. The molecule has 0 aliphatic rings. The van der Waals surface area contributed by atoms with Crippen molar-refractivity contribution in [1.82, 2.24) is 19.7 Å². The van der Waals surface area contributed by atoms with Gasteiger partial charge in [-0.2, -0.15) is 18.3 Å². The molecule has 0 fully saturated rings. The van der Waals surface area contributed by atoms with E-state index in [1.807, 2.05) is 0 Å². The summed E-state index contributed by atoms with van der Waals surface area (Å²) in [7, 11) is 2.88. The number of alkyl halides is 3. The number of anilines is 1. The number of likely N-dealkylation sites (N-methyl/N-ethyl adjacent to an activating group) is 1. The first kappa shape index (κ1) is 22.7. The molecule has 0 bridgehead atoms. The largest absolute Gasteiger partial charge is 0.440 e. The van der Waals surface area contributed by atoms with Crippen molar-refractivity contribution < 1.29 is 22.7 Å². The second kappa shape index (κ2) is 9.06. The van der Waals surface area contributed by atoms with Gasteiger partial charge in [0.2, 0.25) is 5.90 Å². The Bertz CT molecular complexity index is 1210. The highest BCUT2D eigenvalue weighted by molar-refractivity contribution is 5.98. The predicted octanol–water partition coefficient (Wildman–Crippen LogP) is 3.63. The monoisotopic (exact) mass is 447 g/mol. The van der Waals surface area contributed by atoms with Gasteiger partial charge in [0.25, 0.3) is 0 Å². The molecule has 3 N–H and O–H groups in total. The maximum atomic E-state index is 12.9. The normalized spacial score (nSPS) is 12.1. The summed E-state index contributed by atoms with van der Waals surface area (Å²) >= 11 is 0. The highest BCUT2D eigenvalue weighted by atomic mass is 19.4. The number of ether oxygens (including phenoxy) is 1. The second-order valence-electron chi connectivity index (χ2n) is 6.66. The van der Waals surface area contributed by atoms with E-state index in [9.17, 15) is 18.0 Å². The topological polar surface area (TPSA) is 109 Å². The van der Waals surface area contributed by atoms with Crippen LogP contribution in [0.3, 0.4) is 0 Å². The predicted molar refractivity (Wildman–Crippen MR) is 114 cm³/mol. The van der Waals surface area contributed by atoms with Crippen LogP contribution in [-0.2, 0) is 13.2 Å². The lowest BCUT2D eigenvalue weighted by molar-refractivity contribution is -0.143. The molecule has 0 saturated heterocycles. The van der Waals surface area contributed by atoms with E-state index in [-0.39, 0.29) is 11.7 Å². The second-order valence-corrected chi connectivity index (χ2v) is 6.66. The van der Waals surface area contributed by atoms with Crippen molar-refractivity contribution in [3.05, 3.63) is 54.0 Å². The number of fused-ring (bicyclic) bond motifs is 1. The van der Waals surface area contributed by atoms with Crippen molar-refractivity contribution in [3.63, 3.8) is 0 Å². The Labute approximate surface area is 180 Å². The van der Waals surface area contributed by atoms with Crippen LogP contribution in [-0.4, -0.2) is 46.6 Å². The molecule has 0 radical (unpaired) electrons. The summed E-state index contributed by atoms with van der Waals surface area (Å²) in [6.07, 6.45) is -1.69. The number of rotatable bonds is 6. The van der Waals surface area contributed by atoms with E-state index in [1.54, 1.807) is 31.3 Å². The molecule has 12 heteroatoms. The Hall–Kier alpha value is -3.93. The Kier molecular flexibility index (Phi) is 6.44. The number of hydrogen-bond acceptors (Lipinski definition) is 6. The number of amides is 1. The highest BCUT2D eigenvalue weighted by Gasteiger charge is 2.35. The quantitative estimate of drug-likeness (QED) is 0.396. The van der Waals surface area contributed by atoms with Crippen LogP contribution in [0, 0.1) is 5.41 Å². The third-order valence-electron chi connectivity index (χ3n) is 4.37. The summed E-state index contributed by atoms with van der Waals surface area (Å²) in [6, 6.07) is 6.51. The number of carbonyl (C=O) groups excluding carboxylic acids is 1. The minimum absolute atomic E-state index is 0.144. The maximum absolute atomic E-state index is 12.9. The zero-order valence-electron chi connectivity index (χ0n) is 17.2. The molecule has 2 heterocycles. The van der Waals surface area contributed by atoms with Gasteiger partial charge in [-0.1, -0.05) is 0 Å². The van der Waals surface area contributed by atoms with Gasteiger partial charge < -0.3 is 10.1 Å². The molecule has 32 heavy (non-hydrogen) atoms. The third-order valence-corrected chi connectivity index (χ3v) is 4.37. The Morgan fingerprint density at radius 3 is 2.72 bits per heavy atom. The maximum Gasteiger partial charge on any atom is 0.433 e. The summed E-state index contributed by atoms with van der Waals surface area (Å²) in [4.78, 5) is 16.4. The van der Waals surface area contributed by atoms with Gasteiger partial charge in [-0.15, -0.1) is 0 Å². The van der Waals surface area contributed by atoms with Crippen LogP contribution in [0.1, 0.15) is 5.69 Å². The first-order chi connectivity index (χ1) is 15.1. The molecular formula is C20H20F3N7O2. The summed E-state index contributed by atoms with van der Waals surface area (Å²) in [5, 5.41) is 17.5. The fourth-order valence-electron chi connectivity index (χ4n) is 2.97. The third kappa shape index (κ3) is 5.03. The van der Waals surface area contributed by atoms with Crippen LogP contribution < -0.4 is 15.4 Å². The number of hydrogen-bond donors (Lipinski definition) is 3. The van der Waals surface area contributed by atoms with Gasteiger partial charge in [-0.3, -0.25) is 25.0 Å². The Morgan fingerprint density at radius 2 is 2.09 bits per heavy atom. The molecule has 0 aliphatic carbocycles. The zero-order chi connectivity index (χ0) is 23.5. The number of carbonyl (C=O) groups is 1. The summed E-state index contributed by atoms with van der Waals surface area (Å²) in [6.45, 7) is 3.86. The lowest BCUT2D eigenvalue weighted by atomic mass is 10.2. The van der Waals surface area contributed by atoms with Crippen molar-refractivity contribution in [2.24, 2.45) is 12.0 Å². The summed E-state index contributed by atoms with van der Waals surface area (Å²) < 4.78 is 46.1. The fraction of sp³-hybridized carbons (Fsp3) is 0.200. The van der Waals surface area contributed by atoms with Gasteiger partial charge in [-0.25, -0.2) is 4.79 Å². The van der Waals surface area contributed by atoms with Gasteiger partial charge in [0.15, 0.2) is 5.82 Å². The molecule has 9 nitrogen and oxygen atoms in total. The van der Waals surface area contributed by atoms with Gasteiger partial charge in [0.1, 0.15) is 11.4 Å². The molecule has 0 unspecified atom stereocenters. The summed E-state index contributed by atoms with van der Waals surface area (Å²) in [5.41, 5.74) is 0.0464. The molecule has 0 saturated carbocycles. The molecule has 0 spiro atoms.